The Morgan fingerprint density at radius 3 is 2.67 bits per heavy atom. The zero-order valence-corrected chi connectivity index (χ0v) is 21.8. The van der Waals surface area contributed by atoms with Crippen LogP contribution >= 0.6 is 0 Å². The normalized spacial score (nSPS) is 14.4. The molecule has 2 N–H and O–H groups in total. The number of aromatic nitrogens is 6. The average molecular weight is 524 g/mol. The molecule has 5 aromatic rings. The molecule has 39 heavy (non-hydrogen) atoms. The Labute approximate surface area is 225 Å². The van der Waals surface area contributed by atoms with E-state index < -0.39 is 0 Å². The molecule has 0 spiro atoms. The van der Waals surface area contributed by atoms with Gasteiger partial charge in [-0.05, 0) is 50.2 Å². The largest absolute Gasteiger partial charge is 0.490 e. The first-order chi connectivity index (χ1) is 19.0. The quantitative estimate of drug-likeness (QED) is 0.329. The Bertz CT molecular complexity index is 1620. The first-order valence-electron chi connectivity index (χ1n) is 12.8. The minimum absolute atomic E-state index is 0.222. The summed E-state index contributed by atoms with van der Waals surface area (Å²) in [6.45, 7) is 2.08. The number of carbonyl (C=O) groups is 1. The van der Waals surface area contributed by atoms with Gasteiger partial charge in [0.25, 0.3) is 5.91 Å². The van der Waals surface area contributed by atoms with Crippen molar-refractivity contribution < 1.29 is 9.53 Å². The lowest BCUT2D eigenvalue weighted by Gasteiger charge is -2.29. The van der Waals surface area contributed by atoms with Crippen LogP contribution in [0.25, 0.3) is 17.0 Å². The van der Waals surface area contributed by atoms with Gasteiger partial charge in [0.05, 0.1) is 6.20 Å². The summed E-state index contributed by atoms with van der Waals surface area (Å²) in [5, 5.41) is 14.9. The second-order valence-electron chi connectivity index (χ2n) is 9.69. The molecule has 0 radical (unpaired) electrons. The molecule has 198 valence electrons. The molecule has 4 heterocycles. The minimum atomic E-state index is -0.311. The zero-order chi connectivity index (χ0) is 26.8. The van der Waals surface area contributed by atoms with Crippen molar-refractivity contribution in [2.75, 3.05) is 30.8 Å². The number of hydrogen-bond acceptors (Lipinski definition) is 8. The predicted octanol–water partition coefficient (Wildman–Crippen LogP) is 3.99. The molecule has 6 rings (SSSR count). The monoisotopic (exact) mass is 523 g/mol. The fourth-order valence-electron chi connectivity index (χ4n) is 4.59. The molecular formula is C28H29N9O2. The van der Waals surface area contributed by atoms with Crippen molar-refractivity contribution in [3.63, 3.8) is 0 Å². The predicted molar refractivity (Wildman–Crippen MR) is 148 cm³/mol. The third-order valence-corrected chi connectivity index (χ3v) is 6.67. The van der Waals surface area contributed by atoms with Gasteiger partial charge in [-0.2, -0.15) is 10.2 Å². The first kappa shape index (κ1) is 24.6. The smallest absolute Gasteiger partial charge is 0.261 e. The number of benzene rings is 2. The van der Waals surface area contributed by atoms with E-state index in [-0.39, 0.29) is 12.0 Å². The number of anilines is 3. The van der Waals surface area contributed by atoms with Gasteiger partial charge in [0, 0.05) is 49.3 Å². The van der Waals surface area contributed by atoms with Crippen molar-refractivity contribution in [1.29, 1.82) is 0 Å². The number of nitrogens with zero attached hydrogens (tertiary/aromatic N) is 7. The van der Waals surface area contributed by atoms with Crippen LogP contribution in [0.1, 0.15) is 23.2 Å². The van der Waals surface area contributed by atoms with Gasteiger partial charge in [0.15, 0.2) is 11.5 Å². The highest BCUT2D eigenvalue weighted by Gasteiger charge is 2.19. The molecule has 0 atom stereocenters. The third kappa shape index (κ3) is 5.58. The van der Waals surface area contributed by atoms with Crippen LogP contribution in [0.15, 0.2) is 73.3 Å². The number of carbonyl (C=O) groups excluding carboxylic acids is 1. The summed E-state index contributed by atoms with van der Waals surface area (Å²) < 4.78 is 9.43. The highest BCUT2D eigenvalue weighted by molar-refractivity contribution is 6.08. The number of likely N-dealkylation sites (tertiary alicyclic amines) is 1. The lowest BCUT2D eigenvalue weighted by molar-refractivity contribution is 0.102. The van der Waals surface area contributed by atoms with E-state index >= 15 is 0 Å². The van der Waals surface area contributed by atoms with Gasteiger partial charge in [-0.3, -0.25) is 9.48 Å². The highest BCUT2D eigenvalue weighted by atomic mass is 16.5. The van der Waals surface area contributed by atoms with E-state index in [1.807, 2.05) is 61.6 Å². The summed E-state index contributed by atoms with van der Waals surface area (Å²) in [7, 11) is 3.95. The number of fused-ring (bicyclic) bond motifs is 1. The summed E-state index contributed by atoms with van der Waals surface area (Å²) in [5.74, 6) is 1.69. The van der Waals surface area contributed by atoms with Crippen LogP contribution in [0.3, 0.4) is 0 Å². The van der Waals surface area contributed by atoms with E-state index in [1.165, 1.54) is 6.20 Å². The van der Waals surface area contributed by atoms with Crippen LogP contribution < -0.4 is 15.4 Å². The van der Waals surface area contributed by atoms with E-state index in [1.54, 1.807) is 21.7 Å². The summed E-state index contributed by atoms with van der Waals surface area (Å²) in [6.07, 6.45) is 7.18. The van der Waals surface area contributed by atoms with Gasteiger partial charge in [-0.15, -0.1) is 0 Å². The zero-order valence-electron chi connectivity index (χ0n) is 21.8. The van der Waals surface area contributed by atoms with E-state index in [0.717, 1.165) is 42.9 Å². The Kier molecular flexibility index (Phi) is 6.64. The standard InChI is InChI=1S/C28H29N9O2/c1-35-12-9-22(10-13-35)39-23-8-4-7-21(16-23)31-25-11-14-37-27(33-25)24(17-30-37)28(38)32-20-6-3-5-19(15-20)26-29-18-36(2)34-26/h3-8,11,14-18,22H,9-10,12-13H2,1-2H3,(H,31,33)(H,32,38). The Morgan fingerprint density at radius 1 is 1.03 bits per heavy atom. The number of piperidine rings is 1. The summed E-state index contributed by atoms with van der Waals surface area (Å²) >= 11 is 0. The number of hydrogen-bond donors (Lipinski definition) is 2. The van der Waals surface area contributed by atoms with Crippen LogP contribution in [0.4, 0.5) is 17.2 Å². The van der Waals surface area contributed by atoms with Gasteiger partial charge >= 0.3 is 0 Å². The maximum absolute atomic E-state index is 13.2. The average Bonchev–Trinajstić information content (AvgIpc) is 3.56. The van der Waals surface area contributed by atoms with Gasteiger partial charge in [-0.25, -0.2) is 14.5 Å². The van der Waals surface area contributed by atoms with Crippen LogP contribution in [0.2, 0.25) is 0 Å². The summed E-state index contributed by atoms with van der Waals surface area (Å²) in [6, 6.07) is 17.1. The molecule has 0 unspecified atom stereocenters. The highest BCUT2D eigenvalue weighted by Crippen LogP contribution is 2.25. The van der Waals surface area contributed by atoms with Crippen molar-refractivity contribution in [2.24, 2.45) is 7.05 Å². The molecule has 1 saturated heterocycles. The molecule has 0 bridgehead atoms. The Morgan fingerprint density at radius 2 is 1.85 bits per heavy atom. The molecule has 1 amide bonds. The molecule has 1 fully saturated rings. The second kappa shape index (κ2) is 10.5. The van der Waals surface area contributed by atoms with Gasteiger partial charge in [0.2, 0.25) is 0 Å². The van der Waals surface area contributed by atoms with Crippen molar-refractivity contribution in [3.05, 3.63) is 78.9 Å². The van der Waals surface area contributed by atoms with Crippen molar-refractivity contribution in [1.82, 2.24) is 34.3 Å². The van der Waals surface area contributed by atoms with Crippen molar-refractivity contribution in [2.45, 2.75) is 18.9 Å². The molecule has 1 aliphatic rings. The van der Waals surface area contributed by atoms with Crippen LogP contribution in [-0.4, -0.2) is 66.4 Å². The van der Waals surface area contributed by atoms with Crippen LogP contribution in [-0.2, 0) is 7.05 Å². The lowest BCUT2D eigenvalue weighted by atomic mass is 10.1. The van der Waals surface area contributed by atoms with Crippen molar-refractivity contribution >= 4 is 28.7 Å². The lowest BCUT2D eigenvalue weighted by Crippen LogP contribution is -2.35. The maximum atomic E-state index is 13.2. The van der Waals surface area contributed by atoms with E-state index in [2.05, 4.69) is 42.7 Å². The Balaban J connectivity index is 1.17. The topological polar surface area (TPSA) is 114 Å². The van der Waals surface area contributed by atoms with Crippen LogP contribution in [0, 0.1) is 0 Å². The van der Waals surface area contributed by atoms with Gasteiger partial charge < -0.3 is 20.3 Å². The molecule has 11 nitrogen and oxygen atoms in total. The summed E-state index contributed by atoms with van der Waals surface area (Å²) in [4.78, 5) is 24.5. The molecule has 0 saturated carbocycles. The maximum Gasteiger partial charge on any atom is 0.261 e. The Hall–Kier alpha value is -4.77. The first-order valence-corrected chi connectivity index (χ1v) is 12.8. The van der Waals surface area contributed by atoms with Crippen molar-refractivity contribution in [3.8, 4) is 17.1 Å². The van der Waals surface area contributed by atoms with Gasteiger partial charge in [-0.1, -0.05) is 18.2 Å². The van der Waals surface area contributed by atoms with E-state index in [4.69, 9.17) is 4.74 Å². The molecule has 3 aromatic heterocycles. The molecule has 0 aliphatic carbocycles. The number of aryl methyl sites for hydroxylation is 1. The molecule has 2 aromatic carbocycles. The van der Waals surface area contributed by atoms with E-state index in [0.29, 0.717) is 28.5 Å². The van der Waals surface area contributed by atoms with E-state index in [9.17, 15) is 4.79 Å². The number of nitrogens with one attached hydrogen (secondary N) is 2. The summed E-state index contributed by atoms with van der Waals surface area (Å²) in [5.41, 5.74) is 3.08. The number of amides is 1. The molecule has 11 heteroatoms. The number of ether oxygens (including phenoxy) is 1. The SMILES string of the molecule is CN1CCC(Oc2cccc(Nc3ccn4ncc(C(=O)Nc5cccc(-c6ncn(C)n6)c5)c4n3)c2)CC1. The fourth-order valence-corrected chi connectivity index (χ4v) is 4.59. The second-order valence-corrected chi connectivity index (χ2v) is 9.69. The number of rotatable bonds is 7. The minimum Gasteiger partial charge on any atom is -0.490 e. The molecular weight excluding hydrogens is 494 g/mol. The third-order valence-electron chi connectivity index (χ3n) is 6.67. The molecule has 1 aliphatic heterocycles. The fraction of sp³-hybridized carbons (Fsp3) is 0.250. The van der Waals surface area contributed by atoms with Gasteiger partial charge in [0.1, 0.15) is 29.6 Å². The van der Waals surface area contributed by atoms with Crippen LogP contribution in [0.5, 0.6) is 5.75 Å².